The van der Waals surface area contributed by atoms with Gasteiger partial charge in [0.05, 0.1) is 6.54 Å². The Kier molecular flexibility index (Phi) is 10.7. The van der Waals surface area contributed by atoms with Gasteiger partial charge < -0.3 is 16.4 Å². The molecular formula is C19H30N4O5. The molecule has 0 aromatic carbocycles. The van der Waals surface area contributed by atoms with E-state index < -0.39 is 6.04 Å². The summed E-state index contributed by atoms with van der Waals surface area (Å²) in [5.74, 6) is -1.39. The minimum absolute atomic E-state index is 0.0646. The van der Waals surface area contributed by atoms with Crippen LogP contribution in [-0.2, 0) is 24.0 Å². The fourth-order valence-electron chi connectivity index (χ4n) is 2.75. The number of hydrogen-bond acceptors (Lipinski definition) is 6. The summed E-state index contributed by atoms with van der Waals surface area (Å²) in [6, 6.07) is -0.690. The molecule has 156 valence electrons. The molecule has 0 aliphatic carbocycles. The first-order chi connectivity index (χ1) is 13.3. The summed E-state index contributed by atoms with van der Waals surface area (Å²) >= 11 is 0. The second-order valence-corrected chi connectivity index (χ2v) is 6.80. The van der Waals surface area contributed by atoms with Crippen LogP contribution in [0.25, 0.3) is 0 Å². The van der Waals surface area contributed by atoms with Crippen molar-refractivity contribution in [3.05, 3.63) is 12.2 Å². The van der Waals surface area contributed by atoms with Gasteiger partial charge in [0, 0.05) is 25.1 Å². The number of rotatable bonds is 14. The Morgan fingerprint density at radius 3 is 2.32 bits per heavy atom. The van der Waals surface area contributed by atoms with E-state index in [0.29, 0.717) is 45.2 Å². The maximum Gasteiger partial charge on any atom is 0.253 e. The number of imide groups is 1. The van der Waals surface area contributed by atoms with Gasteiger partial charge in [-0.15, -0.1) is 0 Å². The Labute approximate surface area is 165 Å². The Hall–Kier alpha value is -2.55. The summed E-state index contributed by atoms with van der Waals surface area (Å²) < 4.78 is 0. The highest BCUT2D eigenvalue weighted by Gasteiger charge is 2.22. The van der Waals surface area contributed by atoms with Crippen LogP contribution in [0.3, 0.4) is 0 Å². The summed E-state index contributed by atoms with van der Waals surface area (Å²) in [6.45, 7) is 2.15. The number of carbonyl (C=O) groups is 5. The third kappa shape index (κ3) is 8.90. The largest absolute Gasteiger partial charge is 0.347 e. The third-order valence-electron chi connectivity index (χ3n) is 4.30. The van der Waals surface area contributed by atoms with Crippen LogP contribution in [0.1, 0.15) is 51.9 Å². The van der Waals surface area contributed by atoms with E-state index in [4.69, 9.17) is 5.73 Å². The number of ketones is 1. The quantitative estimate of drug-likeness (QED) is 0.275. The molecule has 9 nitrogen and oxygen atoms in total. The number of unbranched alkanes of at least 4 members (excludes halogenated alkanes) is 3. The van der Waals surface area contributed by atoms with Crippen LogP contribution >= 0.6 is 0 Å². The van der Waals surface area contributed by atoms with Gasteiger partial charge in [-0.05, 0) is 45.6 Å². The smallest absolute Gasteiger partial charge is 0.253 e. The molecule has 0 aromatic rings. The first kappa shape index (κ1) is 23.5. The van der Waals surface area contributed by atoms with Gasteiger partial charge in [-0.1, -0.05) is 6.42 Å². The first-order valence-electron chi connectivity index (χ1n) is 9.65. The van der Waals surface area contributed by atoms with Crippen LogP contribution in [0.15, 0.2) is 12.2 Å². The number of amides is 4. The van der Waals surface area contributed by atoms with Gasteiger partial charge in [0.2, 0.25) is 11.8 Å². The van der Waals surface area contributed by atoms with E-state index >= 15 is 0 Å². The van der Waals surface area contributed by atoms with E-state index in [-0.39, 0.29) is 42.4 Å². The maximum absolute atomic E-state index is 12.2. The lowest BCUT2D eigenvalue weighted by Crippen LogP contribution is -2.47. The number of nitrogens with zero attached hydrogens (tertiary/aromatic N) is 1. The highest BCUT2D eigenvalue weighted by Crippen LogP contribution is 2.08. The van der Waals surface area contributed by atoms with Gasteiger partial charge in [-0.2, -0.15) is 0 Å². The van der Waals surface area contributed by atoms with E-state index in [1.807, 2.05) is 0 Å². The van der Waals surface area contributed by atoms with E-state index in [9.17, 15) is 24.0 Å². The number of carbonyl (C=O) groups excluding carboxylic acids is 5. The fraction of sp³-hybridized carbons (Fsp3) is 0.632. The van der Waals surface area contributed by atoms with Gasteiger partial charge in [0.15, 0.2) is 0 Å². The molecule has 1 unspecified atom stereocenters. The monoisotopic (exact) mass is 394 g/mol. The highest BCUT2D eigenvalue weighted by molar-refractivity contribution is 6.12. The molecule has 1 aliphatic heterocycles. The topological polar surface area (TPSA) is 139 Å². The van der Waals surface area contributed by atoms with E-state index in [2.05, 4.69) is 10.6 Å². The molecule has 1 atom stereocenters. The Morgan fingerprint density at radius 1 is 1.04 bits per heavy atom. The summed E-state index contributed by atoms with van der Waals surface area (Å²) in [7, 11) is 0. The zero-order valence-electron chi connectivity index (χ0n) is 16.4. The zero-order valence-corrected chi connectivity index (χ0v) is 16.4. The molecule has 0 aromatic heterocycles. The van der Waals surface area contributed by atoms with Gasteiger partial charge in [-0.25, -0.2) is 0 Å². The third-order valence-corrected chi connectivity index (χ3v) is 4.30. The molecular weight excluding hydrogens is 364 g/mol. The predicted molar refractivity (Wildman–Crippen MR) is 103 cm³/mol. The van der Waals surface area contributed by atoms with E-state index in [0.717, 1.165) is 6.42 Å². The second kappa shape index (κ2) is 12.8. The lowest BCUT2D eigenvalue weighted by Gasteiger charge is -2.18. The SMILES string of the molecule is CC(=O)CNC(=O)C(CCCCN)NC(=O)CCCCCN1C(=O)C=CC1=O. The minimum atomic E-state index is -0.690. The number of hydrogen-bond donors (Lipinski definition) is 3. The Morgan fingerprint density at radius 2 is 1.71 bits per heavy atom. The standard InChI is InChI=1S/C19H30N4O5/c1-14(24)13-21-19(28)15(7-4-5-11-20)22-16(25)8-3-2-6-12-23-17(26)9-10-18(23)27/h9-10,15H,2-8,11-13,20H2,1H3,(H,21,28)(H,22,25). The van der Waals surface area contributed by atoms with Crippen molar-refractivity contribution in [2.75, 3.05) is 19.6 Å². The molecule has 1 aliphatic rings. The Bertz CT molecular complexity index is 599. The molecule has 0 bridgehead atoms. The highest BCUT2D eigenvalue weighted by atomic mass is 16.2. The van der Waals surface area contributed by atoms with Crippen molar-refractivity contribution in [2.45, 2.75) is 57.9 Å². The number of nitrogens with two attached hydrogens (primary N) is 1. The first-order valence-corrected chi connectivity index (χ1v) is 9.65. The summed E-state index contributed by atoms with van der Waals surface area (Å²) in [5, 5.41) is 5.23. The van der Waals surface area contributed by atoms with Crippen molar-refractivity contribution in [1.29, 1.82) is 0 Å². The van der Waals surface area contributed by atoms with Gasteiger partial charge in [0.1, 0.15) is 11.8 Å². The van der Waals surface area contributed by atoms with Crippen LogP contribution in [0.4, 0.5) is 0 Å². The second-order valence-electron chi connectivity index (χ2n) is 6.80. The van der Waals surface area contributed by atoms with Crippen LogP contribution in [-0.4, -0.2) is 60.0 Å². The zero-order chi connectivity index (χ0) is 20.9. The lowest BCUT2D eigenvalue weighted by atomic mass is 10.1. The summed E-state index contributed by atoms with van der Waals surface area (Å²) in [4.78, 5) is 59.4. The predicted octanol–water partition coefficient (Wildman–Crippen LogP) is -0.209. The van der Waals surface area contributed by atoms with Crippen molar-refractivity contribution < 1.29 is 24.0 Å². The Balaban J connectivity index is 2.32. The number of Topliss-reactive ketones (excluding diaryl/α,β-unsaturated/α-hetero) is 1. The van der Waals surface area contributed by atoms with E-state index in [1.54, 1.807) is 0 Å². The van der Waals surface area contributed by atoms with Crippen molar-refractivity contribution in [3.8, 4) is 0 Å². The molecule has 0 spiro atoms. The average molecular weight is 394 g/mol. The molecule has 0 fully saturated rings. The molecule has 1 rings (SSSR count). The van der Waals surface area contributed by atoms with Crippen LogP contribution in [0, 0.1) is 0 Å². The van der Waals surface area contributed by atoms with Crippen LogP contribution < -0.4 is 16.4 Å². The van der Waals surface area contributed by atoms with Crippen LogP contribution in [0.5, 0.6) is 0 Å². The molecule has 9 heteroatoms. The molecule has 1 heterocycles. The van der Waals surface area contributed by atoms with Crippen molar-refractivity contribution in [3.63, 3.8) is 0 Å². The van der Waals surface area contributed by atoms with E-state index in [1.165, 1.54) is 24.0 Å². The van der Waals surface area contributed by atoms with Crippen molar-refractivity contribution in [1.82, 2.24) is 15.5 Å². The molecule has 4 amide bonds. The van der Waals surface area contributed by atoms with Crippen molar-refractivity contribution >= 4 is 29.4 Å². The normalized spacial score (nSPS) is 14.3. The maximum atomic E-state index is 12.2. The van der Waals surface area contributed by atoms with Crippen LogP contribution in [0.2, 0.25) is 0 Å². The molecule has 0 saturated heterocycles. The fourth-order valence-corrected chi connectivity index (χ4v) is 2.75. The summed E-state index contributed by atoms with van der Waals surface area (Å²) in [6.07, 6.45) is 6.52. The van der Waals surface area contributed by atoms with Crippen molar-refractivity contribution in [2.24, 2.45) is 5.73 Å². The van der Waals surface area contributed by atoms with Gasteiger partial charge in [0.25, 0.3) is 11.8 Å². The molecule has 4 N–H and O–H groups in total. The molecule has 28 heavy (non-hydrogen) atoms. The average Bonchev–Trinajstić information content (AvgIpc) is 2.97. The lowest BCUT2D eigenvalue weighted by molar-refractivity contribution is -0.137. The number of nitrogens with one attached hydrogen (secondary N) is 2. The molecule has 0 radical (unpaired) electrons. The molecule has 0 saturated carbocycles. The summed E-state index contributed by atoms with van der Waals surface area (Å²) in [5.41, 5.74) is 5.47. The minimum Gasteiger partial charge on any atom is -0.347 e. The van der Waals surface area contributed by atoms with Gasteiger partial charge >= 0.3 is 0 Å². The van der Waals surface area contributed by atoms with Gasteiger partial charge in [-0.3, -0.25) is 28.9 Å².